The van der Waals surface area contributed by atoms with Crippen LogP contribution in [0.25, 0.3) is 0 Å². The Morgan fingerprint density at radius 2 is 1.76 bits per heavy atom. The summed E-state index contributed by atoms with van der Waals surface area (Å²) in [5.74, 6) is 0.171. The second-order valence-electron chi connectivity index (χ2n) is 6.55. The lowest BCUT2D eigenvalue weighted by atomic mass is 10.1. The standard InChI is InChI=1S/C18H26N2O/c21-18(10-13-20-11-3-1-2-4-12-20)19-17-9-8-15-6-5-7-16(15)14-17/h8-9,14H,1-7,10-13H2,(H,19,21)/p+1. The lowest BCUT2D eigenvalue weighted by Crippen LogP contribution is -3.12. The highest BCUT2D eigenvalue weighted by atomic mass is 16.1. The molecule has 1 fully saturated rings. The van der Waals surface area contributed by atoms with Gasteiger partial charge in [0.25, 0.3) is 0 Å². The molecule has 21 heavy (non-hydrogen) atoms. The topological polar surface area (TPSA) is 33.5 Å². The molecule has 2 N–H and O–H groups in total. The van der Waals surface area contributed by atoms with Crippen LogP contribution >= 0.6 is 0 Å². The maximum atomic E-state index is 12.1. The SMILES string of the molecule is O=C(CC[NH+]1CCCCCC1)Nc1ccc2c(c1)CCC2. The van der Waals surface area contributed by atoms with E-state index >= 15 is 0 Å². The van der Waals surface area contributed by atoms with E-state index in [0.717, 1.165) is 18.7 Å². The molecule has 1 aliphatic heterocycles. The molecule has 114 valence electrons. The lowest BCUT2D eigenvalue weighted by molar-refractivity contribution is -0.898. The highest BCUT2D eigenvalue weighted by molar-refractivity contribution is 5.90. The summed E-state index contributed by atoms with van der Waals surface area (Å²) in [5, 5.41) is 3.07. The molecule has 3 nitrogen and oxygen atoms in total. The normalized spacial score (nSPS) is 19.0. The predicted molar refractivity (Wildman–Crippen MR) is 85.7 cm³/mol. The first kappa shape index (κ1) is 14.6. The quantitative estimate of drug-likeness (QED) is 0.872. The third-order valence-corrected chi connectivity index (χ3v) is 4.90. The van der Waals surface area contributed by atoms with E-state index in [-0.39, 0.29) is 5.91 Å². The fraction of sp³-hybridized carbons (Fsp3) is 0.611. The van der Waals surface area contributed by atoms with Crippen molar-refractivity contribution in [2.45, 2.75) is 51.4 Å². The van der Waals surface area contributed by atoms with Gasteiger partial charge in [0.2, 0.25) is 5.91 Å². The minimum Gasteiger partial charge on any atom is -0.335 e. The molecular formula is C18H27N2O+. The number of fused-ring (bicyclic) bond motifs is 1. The zero-order valence-corrected chi connectivity index (χ0v) is 12.9. The molecular weight excluding hydrogens is 260 g/mol. The molecule has 0 aromatic heterocycles. The van der Waals surface area contributed by atoms with Crippen molar-refractivity contribution in [1.29, 1.82) is 0 Å². The van der Waals surface area contributed by atoms with Crippen molar-refractivity contribution >= 4 is 11.6 Å². The third kappa shape index (κ3) is 4.07. The summed E-state index contributed by atoms with van der Waals surface area (Å²) in [6, 6.07) is 6.40. The van der Waals surface area contributed by atoms with Gasteiger partial charge in [-0.25, -0.2) is 0 Å². The van der Waals surface area contributed by atoms with Gasteiger partial charge in [0, 0.05) is 5.69 Å². The molecule has 0 bridgehead atoms. The van der Waals surface area contributed by atoms with E-state index < -0.39 is 0 Å². The van der Waals surface area contributed by atoms with Crippen LogP contribution in [0.15, 0.2) is 18.2 Å². The number of nitrogens with one attached hydrogen (secondary N) is 2. The highest BCUT2D eigenvalue weighted by Gasteiger charge is 2.15. The van der Waals surface area contributed by atoms with Crippen LogP contribution < -0.4 is 10.2 Å². The smallest absolute Gasteiger partial charge is 0.230 e. The largest absolute Gasteiger partial charge is 0.335 e. The van der Waals surface area contributed by atoms with E-state index in [4.69, 9.17) is 0 Å². The number of aryl methyl sites for hydroxylation is 2. The van der Waals surface area contributed by atoms with Crippen molar-refractivity contribution in [3.8, 4) is 0 Å². The second-order valence-corrected chi connectivity index (χ2v) is 6.55. The van der Waals surface area contributed by atoms with Crippen LogP contribution in [0.3, 0.4) is 0 Å². The van der Waals surface area contributed by atoms with Crippen LogP contribution in [-0.2, 0) is 17.6 Å². The van der Waals surface area contributed by atoms with Crippen LogP contribution in [0.1, 0.15) is 49.7 Å². The molecule has 1 saturated heterocycles. The zero-order chi connectivity index (χ0) is 14.5. The van der Waals surface area contributed by atoms with Crippen molar-refractivity contribution in [2.24, 2.45) is 0 Å². The number of carbonyl (C=O) groups excluding carboxylic acids is 1. The molecule has 1 amide bonds. The van der Waals surface area contributed by atoms with Crippen LogP contribution in [0.4, 0.5) is 5.69 Å². The van der Waals surface area contributed by atoms with E-state index in [2.05, 4.69) is 23.5 Å². The van der Waals surface area contributed by atoms with Crippen LogP contribution in [0.2, 0.25) is 0 Å². The molecule has 3 heteroatoms. The van der Waals surface area contributed by atoms with Gasteiger partial charge in [-0.2, -0.15) is 0 Å². The van der Waals surface area contributed by atoms with Gasteiger partial charge in [-0.1, -0.05) is 6.07 Å². The summed E-state index contributed by atoms with van der Waals surface area (Å²) in [4.78, 5) is 13.7. The van der Waals surface area contributed by atoms with E-state index in [9.17, 15) is 4.79 Å². The molecule has 0 spiro atoms. The molecule has 1 aromatic carbocycles. The van der Waals surface area contributed by atoms with Crippen LogP contribution in [-0.4, -0.2) is 25.5 Å². The van der Waals surface area contributed by atoms with Crippen molar-refractivity contribution in [3.05, 3.63) is 29.3 Å². The highest BCUT2D eigenvalue weighted by Crippen LogP contribution is 2.24. The van der Waals surface area contributed by atoms with Gasteiger partial charge in [-0.05, 0) is 68.2 Å². The maximum Gasteiger partial charge on any atom is 0.230 e. The Kier molecular flexibility index (Phi) is 4.91. The van der Waals surface area contributed by atoms with Gasteiger partial charge in [0.1, 0.15) is 0 Å². The van der Waals surface area contributed by atoms with Gasteiger partial charge in [-0.3, -0.25) is 4.79 Å². The third-order valence-electron chi connectivity index (χ3n) is 4.90. The minimum atomic E-state index is 0.171. The van der Waals surface area contributed by atoms with Crippen LogP contribution in [0, 0.1) is 0 Å². The van der Waals surface area contributed by atoms with E-state index in [0.29, 0.717) is 6.42 Å². The molecule has 2 aliphatic rings. The Bertz CT molecular complexity index is 490. The van der Waals surface area contributed by atoms with Gasteiger partial charge in [0.05, 0.1) is 26.1 Å². The van der Waals surface area contributed by atoms with E-state index in [1.54, 1.807) is 4.90 Å². The molecule has 1 heterocycles. The average molecular weight is 287 g/mol. The molecule has 0 atom stereocenters. The summed E-state index contributed by atoms with van der Waals surface area (Å²) >= 11 is 0. The predicted octanol–water partition coefficient (Wildman–Crippen LogP) is 1.96. The molecule has 0 saturated carbocycles. The maximum absolute atomic E-state index is 12.1. The summed E-state index contributed by atoms with van der Waals surface area (Å²) in [5.41, 5.74) is 3.86. The summed E-state index contributed by atoms with van der Waals surface area (Å²) in [7, 11) is 0. The van der Waals surface area contributed by atoms with Gasteiger partial charge in [0.15, 0.2) is 0 Å². The number of anilines is 1. The lowest BCUT2D eigenvalue weighted by Gasteiger charge is -2.16. The second kappa shape index (κ2) is 7.08. The zero-order valence-electron chi connectivity index (χ0n) is 12.9. The fourth-order valence-electron chi connectivity index (χ4n) is 3.64. The molecule has 0 unspecified atom stereocenters. The number of rotatable bonds is 4. The van der Waals surface area contributed by atoms with E-state index in [1.807, 2.05) is 0 Å². The number of likely N-dealkylation sites (tertiary alicyclic amines) is 1. The summed E-state index contributed by atoms with van der Waals surface area (Å²) in [6.07, 6.45) is 9.63. The first-order valence-electron chi connectivity index (χ1n) is 8.56. The Labute approximate surface area is 127 Å². The number of quaternary nitrogens is 1. The number of carbonyl (C=O) groups is 1. The van der Waals surface area contributed by atoms with Crippen molar-refractivity contribution in [2.75, 3.05) is 25.0 Å². The molecule has 1 aromatic rings. The summed E-state index contributed by atoms with van der Waals surface area (Å²) < 4.78 is 0. The molecule has 1 aliphatic carbocycles. The van der Waals surface area contributed by atoms with Crippen LogP contribution in [0.5, 0.6) is 0 Å². The minimum absolute atomic E-state index is 0.171. The average Bonchev–Trinajstić information content (AvgIpc) is 2.79. The summed E-state index contributed by atoms with van der Waals surface area (Å²) in [6.45, 7) is 3.47. The number of amides is 1. The number of benzene rings is 1. The first-order chi connectivity index (χ1) is 10.3. The van der Waals surface area contributed by atoms with Gasteiger partial charge < -0.3 is 10.2 Å². The number of hydrogen-bond acceptors (Lipinski definition) is 1. The fourth-order valence-corrected chi connectivity index (χ4v) is 3.64. The van der Waals surface area contributed by atoms with Gasteiger partial charge in [-0.15, -0.1) is 0 Å². The Hall–Kier alpha value is -1.35. The molecule has 0 radical (unpaired) electrons. The first-order valence-corrected chi connectivity index (χ1v) is 8.56. The van der Waals surface area contributed by atoms with Crippen molar-refractivity contribution < 1.29 is 9.69 Å². The molecule has 3 rings (SSSR count). The van der Waals surface area contributed by atoms with Crippen molar-refractivity contribution in [3.63, 3.8) is 0 Å². The van der Waals surface area contributed by atoms with Gasteiger partial charge >= 0.3 is 0 Å². The number of hydrogen-bond donors (Lipinski definition) is 2. The van der Waals surface area contributed by atoms with E-state index in [1.165, 1.54) is 62.7 Å². The Morgan fingerprint density at radius 1 is 1.00 bits per heavy atom. The Morgan fingerprint density at radius 3 is 2.57 bits per heavy atom. The Balaban J connectivity index is 1.47. The monoisotopic (exact) mass is 287 g/mol. The van der Waals surface area contributed by atoms with Crippen molar-refractivity contribution in [1.82, 2.24) is 0 Å².